The van der Waals surface area contributed by atoms with Crippen LogP contribution in [0.1, 0.15) is 37.6 Å². The molecule has 0 saturated heterocycles. The zero-order chi connectivity index (χ0) is 15.7. The molecule has 0 fully saturated rings. The van der Waals surface area contributed by atoms with Crippen LogP contribution >= 0.6 is 11.6 Å². The van der Waals surface area contributed by atoms with Gasteiger partial charge in [-0.1, -0.05) is 6.92 Å². The van der Waals surface area contributed by atoms with Gasteiger partial charge in [-0.2, -0.15) is 0 Å². The Morgan fingerprint density at radius 1 is 1.24 bits per heavy atom. The van der Waals surface area contributed by atoms with Crippen molar-refractivity contribution in [3.8, 4) is 11.5 Å². The first-order chi connectivity index (χ1) is 10.1. The second kappa shape index (κ2) is 9.50. The minimum Gasteiger partial charge on any atom is -0.490 e. The molecule has 1 unspecified atom stereocenters. The summed E-state index contributed by atoms with van der Waals surface area (Å²) in [6.45, 7) is 7.57. The Balaban J connectivity index is 2.73. The Kier molecular flexibility index (Phi) is 7.98. The summed E-state index contributed by atoms with van der Waals surface area (Å²) in [4.78, 5) is 12.1. The maximum absolute atomic E-state index is 12.1. The molecule has 4 nitrogen and oxygen atoms in total. The van der Waals surface area contributed by atoms with Gasteiger partial charge in [-0.05, 0) is 44.4 Å². The zero-order valence-electron chi connectivity index (χ0n) is 12.9. The Morgan fingerprint density at radius 3 is 2.52 bits per heavy atom. The Bertz CT molecular complexity index is 451. The van der Waals surface area contributed by atoms with Gasteiger partial charge in [-0.3, -0.25) is 4.79 Å². The lowest BCUT2D eigenvalue weighted by Crippen LogP contribution is -2.28. The first-order valence-electron chi connectivity index (χ1n) is 7.36. The van der Waals surface area contributed by atoms with Crippen LogP contribution < -0.4 is 14.8 Å². The van der Waals surface area contributed by atoms with Gasteiger partial charge in [0.1, 0.15) is 0 Å². The number of amides is 1. The third-order valence-corrected chi connectivity index (χ3v) is 3.24. The average Bonchev–Trinajstić information content (AvgIpc) is 2.47. The van der Waals surface area contributed by atoms with Crippen molar-refractivity contribution < 1.29 is 14.3 Å². The van der Waals surface area contributed by atoms with E-state index in [9.17, 15) is 4.79 Å². The number of ether oxygens (including phenoxy) is 2. The van der Waals surface area contributed by atoms with Crippen LogP contribution in [0, 0.1) is 5.92 Å². The maximum atomic E-state index is 12.1. The normalized spacial score (nSPS) is 11.8. The topological polar surface area (TPSA) is 47.6 Å². The molecule has 5 heteroatoms. The second-order valence-corrected chi connectivity index (χ2v) is 5.20. The highest BCUT2D eigenvalue weighted by Crippen LogP contribution is 2.28. The Hall–Kier alpha value is -1.42. The first-order valence-corrected chi connectivity index (χ1v) is 7.89. The molecule has 1 aromatic carbocycles. The van der Waals surface area contributed by atoms with Crippen LogP contribution in [-0.2, 0) is 0 Å². The molecule has 1 N–H and O–H groups in total. The van der Waals surface area contributed by atoms with Crippen LogP contribution in [0.15, 0.2) is 18.2 Å². The molecule has 0 aromatic heterocycles. The minimum absolute atomic E-state index is 0.111. The highest BCUT2D eigenvalue weighted by Gasteiger charge is 2.12. The maximum Gasteiger partial charge on any atom is 0.251 e. The summed E-state index contributed by atoms with van der Waals surface area (Å²) in [5.41, 5.74) is 0.569. The summed E-state index contributed by atoms with van der Waals surface area (Å²) in [7, 11) is 0. The third kappa shape index (κ3) is 5.84. The zero-order valence-corrected chi connectivity index (χ0v) is 13.7. The number of nitrogens with one attached hydrogen (secondary N) is 1. The predicted molar refractivity (Wildman–Crippen MR) is 85.6 cm³/mol. The largest absolute Gasteiger partial charge is 0.490 e. The minimum atomic E-state index is -0.111. The molecule has 1 atom stereocenters. The first kappa shape index (κ1) is 17.6. The number of halogens is 1. The van der Waals surface area contributed by atoms with E-state index in [-0.39, 0.29) is 5.91 Å². The molecular weight excluding hydrogens is 290 g/mol. The van der Waals surface area contributed by atoms with E-state index >= 15 is 0 Å². The smallest absolute Gasteiger partial charge is 0.251 e. The molecule has 0 aliphatic carbocycles. The van der Waals surface area contributed by atoms with E-state index in [1.165, 1.54) is 0 Å². The van der Waals surface area contributed by atoms with Crippen LogP contribution in [0.2, 0.25) is 0 Å². The number of carbonyl (C=O) groups excluding carboxylic acids is 1. The van der Waals surface area contributed by atoms with Crippen molar-refractivity contribution in [3.05, 3.63) is 23.8 Å². The number of hydrogen-bond donors (Lipinski definition) is 1. The van der Waals surface area contributed by atoms with Gasteiger partial charge in [0.15, 0.2) is 11.5 Å². The fourth-order valence-electron chi connectivity index (χ4n) is 1.85. The lowest BCUT2D eigenvalue weighted by Gasteiger charge is -2.14. The second-order valence-electron chi connectivity index (χ2n) is 4.82. The molecule has 0 bridgehead atoms. The molecule has 21 heavy (non-hydrogen) atoms. The summed E-state index contributed by atoms with van der Waals surface area (Å²) >= 11 is 5.69. The molecule has 1 rings (SSSR count). The van der Waals surface area contributed by atoms with Crippen molar-refractivity contribution >= 4 is 17.5 Å². The van der Waals surface area contributed by atoms with Crippen LogP contribution in [0.3, 0.4) is 0 Å². The molecular formula is C16H24ClNO3. The number of rotatable bonds is 9. The summed E-state index contributed by atoms with van der Waals surface area (Å²) < 4.78 is 11.0. The van der Waals surface area contributed by atoms with Gasteiger partial charge < -0.3 is 14.8 Å². The molecule has 0 radical (unpaired) electrons. The summed E-state index contributed by atoms with van der Waals surface area (Å²) in [6, 6.07) is 5.23. The molecule has 1 aromatic rings. The number of hydrogen-bond acceptors (Lipinski definition) is 3. The molecule has 0 heterocycles. The van der Waals surface area contributed by atoms with Crippen molar-refractivity contribution in [2.75, 3.05) is 25.6 Å². The van der Waals surface area contributed by atoms with E-state index in [0.717, 1.165) is 6.42 Å². The molecule has 0 spiro atoms. The van der Waals surface area contributed by atoms with Gasteiger partial charge >= 0.3 is 0 Å². The predicted octanol–water partition coefficient (Wildman–Crippen LogP) is 3.48. The Labute approximate surface area is 131 Å². The molecule has 0 aliphatic rings. The van der Waals surface area contributed by atoms with Crippen molar-refractivity contribution in [2.45, 2.75) is 27.2 Å². The summed E-state index contributed by atoms with van der Waals surface area (Å²) in [6.07, 6.45) is 0.884. The van der Waals surface area contributed by atoms with Crippen LogP contribution in [0.5, 0.6) is 11.5 Å². The van der Waals surface area contributed by atoms with Crippen molar-refractivity contribution in [3.63, 3.8) is 0 Å². The van der Waals surface area contributed by atoms with Crippen molar-refractivity contribution in [2.24, 2.45) is 5.92 Å². The van der Waals surface area contributed by atoms with E-state index in [1.54, 1.807) is 18.2 Å². The van der Waals surface area contributed by atoms with E-state index < -0.39 is 0 Å². The van der Waals surface area contributed by atoms with Gasteiger partial charge in [-0.25, -0.2) is 0 Å². The van der Waals surface area contributed by atoms with Gasteiger partial charge in [0.25, 0.3) is 5.91 Å². The number of alkyl halides is 1. The molecule has 118 valence electrons. The third-order valence-electron chi connectivity index (χ3n) is 3.02. The van der Waals surface area contributed by atoms with Crippen molar-refractivity contribution in [1.82, 2.24) is 5.32 Å². The van der Waals surface area contributed by atoms with E-state index in [0.29, 0.717) is 48.6 Å². The Morgan fingerprint density at radius 2 is 1.90 bits per heavy atom. The van der Waals surface area contributed by atoms with E-state index in [2.05, 4.69) is 12.2 Å². The monoisotopic (exact) mass is 313 g/mol. The summed E-state index contributed by atoms with van der Waals surface area (Å²) in [5, 5.41) is 2.91. The van der Waals surface area contributed by atoms with Crippen LogP contribution in [-0.4, -0.2) is 31.5 Å². The summed E-state index contributed by atoms with van der Waals surface area (Å²) in [5.74, 6) is 2.11. The van der Waals surface area contributed by atoms with Gasteiger partial charge in [0.05, 0.1) is 13.2 Å². The van der Waals surface area contributed by atoms with E-state index in [4.69, 9.17) is 21.1 Å². The standard InChI is InChI=1S/C16H24ClNO3/c1-4-20-14-7-6-13(10-15(14)21-5-2)16(19)18-11-12(3)8-9-17/h6-7,10,12H,4-5,8-9,11H2,1-3H3,(H,18,19). The highest BCUT2D eigenvalue weighted by molar-refractivity contribution is 6.17. The average molecular weight is 314 g/mol. The van der Waals surface area contributed by atoms with Gasteiger partial charge in [0.2, 0.25) is 0 Å². The SMILES string of the molecule is CCOc1ccc(C(=O)NCC(C)CCCl)cc1OCC. The fourth-order valence-corrected chi connectivity index (χ4v) is 2.22. The lowest BCUT2D eigenvalue weighted by atomic mass is 10.1. The molecule has 0 saturated carbocycles. The van der Waals surface area contributed by atoms with Crippen molar-refractivity contribution in [1.29, 1.82) is 0 Å². The molecule has 1 amide bonds. The fraction of sp³-hybridized carbons (Fsp3) is 0.562. The number of benzene rings is 1. The molecule has 0 aliphatic heterocycles. The highest BCUT2D eigenvalue weighted by atomic mass is 35.5. The van der Waals surface area contributed by atoms with Crippen LogP contribution in [0.25, 0.3) is 0 Å². The van der Waals surface area contributed by atoms with Gasteiger partial charge in [-0.15, -0.1) is 11.6 Å². The number of carbonyl (C=O) groups is 1. The van der Waals surface area contributed by atoms with Gasteiger partial charge in [0, 0.05) is 18.0 Å². The van der Waals surface area contributed by atoms with Crippen LogP contribution in [0.4, 0.5) is 0 Å². The van der Waals surface area contributed by atoms with E-state index in [1.807, 2.05) is 13.8 Å². The quantitative estimate of drug-likeness (QED) is 0.710. The lowest BCUT2D eigenvalue weighted by molar-refractivity contribution is 0.0947.